The first kappa shape index (κ1) is 30.6. The second-order valence-electron chi connectivity index (χ2n) is 14.9. The van der Waals surface area contributed by atoms with E-state index in [0.717, 1.165) is 66.3 Å². The Morgan fingerprint density at radius 2 is 0.947 bits per heavy atom. The summed E-state index contributed by atoms with van der Waals surface area (Å²) in [6.45, 7) is 0. The van der Waals surface area contributed by atoms with Crippen LogP contribution < -0.4 is 0 Å². The maximum atomic E-state index is 6.48. The second-order valence-corrected chi connectivity index (χ2v) is 14.9. The first-order valence-corrected chi connectivity index (χ1v) is 19.3. The summed E-state index contributed by atoms with van der Waals surface area (Å²) in [5.41, 5.74) is 9.54. The van der Waals surface area contributed by atoms with Gasteiger partial charge in [-0.05, 0) is 74.8 Å². The van der Waals surface area contributed by atoms with E-state index in [9.17, 15) is 0 Å². The van der Waals surface area contributed by atoms with Crippen molar-refractivity contribution in [3.05, 3.63) is 182 Å². The highest BCUT2D eigenvalue weighted by molar-refractivity contribution is 6.28. The smallest absolute Gasteiger partial charge is 0.236 e. The summed E-state index contributed by atoms with van der Waals surface area (Å²) in [6.07, 6.45) is 0. The molecule has 9 aromatic carbocycles. The molecule has 0 aliphatic rings. The number of para-hydroxylation sites is 3. The summed E-state index contributed by atoms with van der Waals surface area (Å²) in [6, 6.07) is 64.9. The van der Waals surface area contributed by atoms with Gasteiger partial charge in [0, 0.05) is 38.2 Å². The maximum Gasteiger partial charge on any atom is 0.236 e. The van der Waals surface area contributed by atoms with Gasteiger partial charge in [-0.1, -0.05) is 140 Å². The fraction of sp³-hybridized carbons (Fsp3) is 0. The zero-order chi connectivity index (χ0) is 37.2. The van der Waals surface area contributed by atoms with Gasteiger partial charge in [-0.3, -0.25) is 4.57 Å². The van der Waals surface area contributed by atoms with Crippen LogP contribution in [-0.4, -0.2) is 19.1 Å². The van der Waals surface area contributed by atoms with E-state index in [0.29, 0.717) is 11.5 Å². The number of furan rings is 1. The quantitative estimate of drug-likeness (QED) is 0.170. The van der Waals surface area contributed by atoms with E-state index >= 15 is 0 Å². The number of rotatable bonds is 3. The lowest BCUT2D eigenvalue weighted by molar-refractivity contribution is 0.666. The van der Waals surface area contributed by atoms with Crippen LogP contribution in [0.25, 0.3) is 121 Å². The van der Waals surface area contributed by atoms with Gasteiger partial charge in [-0.2, -0.15) is 0 Å². The van der Waals surface area contributed by atoms with Crippen molar-refractivity contribution in [2.24, 2.45) is 0 Å². The van der Waals surface area contributed by atoms with Crippen LogP contribution in [0, 0.1) is 0 Å². The van der Waals surface area contributed by atoms with Crippen molar-refractivity contribution in [3.8, 4) is 22.9 Å². The third-order valence-electron chi connectivity index (χ3n) is 11.9. The van der Waals surface area contributed by atoms with Gasteiger partial charge >= 0.3 is 0 Å². The normalized spacial score (nSPS) is 12.2. The second kappa shape index (κ2) is 11.4. The minimum absolute atomic E-state index is 0.602. The Kier molecular flexibility index (Phi) is 6.10. The standard InChI is InChI=1S/C52H30N4O/c1-2-14-31(15-3-1)48-51-49(41-22-10-13-25-46(41)57-51)54-52(53-48)56-44-24-12-9-21-40(44)47-45(56)29-28-39-38-20-8-11-23-43(38)55(50(39)47)32-26-27-37-35-18-5-4-16-33(35)34-17-6-7-19-36(34)42(37)30-32/h1-30H. The minimum Gasteiger partial charge on any atom is -0.452 e. The first-order chi connectivity index (χ1) is 28.3. The molecule has 4 aromatic heterocycles. The van der Waals surface area contributed by atoms with E-state index in [2.05, 4.69) is 155 Å². The first-order valence-electron chi connectivity index (χ1n) is 19.3. The van der Waals surface area contributed by atoms with Crippen LogP contribution in [0.1, 0.15) is 0 Å². The van der Waals surface area contributed by atoms with Crippen LogP contribution in [0.3, 0.4) is 0 Å². The maximum absolute atomic E-state index is 6.48. The van der Waals surface area contributed by atoms with E-state index in [1.54, 1.807) is 0 Å². The monoisotopic (exact) mass is 726 g/mol. The summed E-state index contributed by atoms with van der Waals surface area (Å²) in [5.74, 6) is 0.602. The molecule has 13 rings (SSSR count). The molecule has 0 atom stereocenters. The molecule has 4 heterocycles. The number of nitrogens with zero attached hydrogens (tertiary/aromatic N) is 4. The molecule has 5 nitrogen and oxygen atoms in total. The zero-order valence-electron chi connectivity index (χ0n) is 30.5. The van der Waals surface area contributed by atoms with E-state index in [1.807, 2.05) is 36.4 Å². The molecule has 0 amide bonds. The highest BCUT2D eigenvalue weighted by Crippen LogP contribution is 2.44. The molecular formula is C52H30N4O. The zero-order valence-corrected chi connectivity index (χ0v) is 30.5. The predicted octanol–water partition coefficient (Wildman–Crippen LogP) is 13.7. The lowest BCUT2D eigenvalue weighted by Gasteiger charge is -2.14. The number of hydrogen-bond acceptors (Lipinski definition) is 3. The van der Waals surface area contributed by atoms with E-state index < -0.39 is 0 Å². The average molecular weight is 727 g/mol. The molecule has 13 aromatic rings. The summed E-state index contributed by atoms with van der Waals surface area (Å²) in [4.78, 5) is 10.7. The topological polar surface area (TPSA) is 48.8 Å². The average Bonchev–Trinajstić information content (AvgIpc) is 3.94. The summed E-state index contributed by atoms with van der Waals surface area (Å²) in [5, 5.41) is 13.2. The van der Waals surface area contributed by atoms with Crippen molar-refractivity contribution in [2.45, 2.75) is 0 Å². The van der Waals surface area contributed by atoms with Gasteiger partial charge in [0.05, 0.1) is 22.1 Å². The van der Waals surface area contributed by atoms with Crippen molar-refractivity contribution in [2.75, 3.05) is 0 Å². The lowest BCUT2D eigenvalue weighted by atomic mass is 9.94. The molecule has 0 saturated heterocycles. The molecule has 0 saturated carbocycles. The molecule has 0 spiro atoms. The lowest BCUT2D eigenvalue weighted by Crippen LogP contribution is -2.03. The summed E-state index contributed by atoms with van der Waals surface area (Å²) < 4.78 is 11.2. The van der Waals surface area contributed by atoms with Crippen molar-refractivity contribution >= 4 is 98.0 Å². The fourth-order valence-corrected chi connectivity index (χ4v) is 9.50. The molecule has 264 valence electrons. The van der Waals surface area contributed by atoms with Crippen LogP contribution >= 0.6 is 0 Å². The molecule has 0 radical (unpaired) electrons. The van der Waals surface area contributed by atoms with Gasteiger partial charge in [-0.25, -0.2) is 9.97 Å². The number of aromatic nitrogens is 4. The van der Waals surface area contributed by atoms with Crippen LogP contribution in [0.4, 0.5) is 0 Å². The van der Waals surface area contributed by atoms with E-state index in [1.165, 1.54) is 43.1 Å². The summed E-state index contributed by atoms with van der Waals surface area (Å²) in [7, 11) is 0. The Balaban J connectivity index is 1.17. The summed E-state index contributed by atoms with van der Waals surface area (Å²) >= 11 is 0. The van der Waals surface area contributed by atoms with E-state index in [4.69, 9.17) is 14.4 Å². The van der Waals surface area contributed by atoms with Crippen molar-refractivity contribution in [3.63, 3.8) is 0 Å². The number of fused-ring (bicyclic) bond motifs is 16. The third-order valence-corrected chi connectivity index (χ3v) is 11.9. The molecule has 0 unspecified atom stereocenters. The molecule has 0 aliphatic carbocycles. The van der Waals surface area contributed by atoms with Crippen LogP contribution in [-0.2, 0) is 0 Å². The minimum atomic E-state index is 0.602. The van der Waals surface area contributed by atoms with Gasteiger partial charge in [0.15, 0.2) is 5.58 Å². The van der Waals surface area contributed by atoms with Crippen molar-refractivity contribution < 1.29 is 4.42 Å². The van der Waals surface area contributed by atoms with Crippen LogP contribution in [0.2, 0.25) is 0 Å². The Bertz CT molecular complexity index is 3780. The Labute approximate surface area is 325 Å². The highest BCUT2D eigenvalue weighted by atomic mass is 16.3. The van der Waals surface area contributed by atoms with Crippen LogP contribution in [0.5, 0.6) is 0 Å². The fourth-order valence-electron chi connectivity index (χ4n) is 9.50. The molecule has 0 N–H and O–H groups in total. The van der Waals surface area contributed by atoms with Gasteiger partial charge in [0.1, 0.15) is 16.8 Å². The Morgan fingerprint density at radius 3 is 1.68 bits per heavy atom. The molecule has 0 aliphatic heterocycles. The Morgan fingerprint density at radius 1 is 0.386 bits per heavy atom. The molecule has 57 heavy (non-hydrogen) atoms. The van der Waals surface area contributed by atoms with Gasteiger partial charge in [-0.15, -0.1) is 0 Å². The van der Waals surface area contributed by atoms with Gasteiger partial charge in [0.2, 0.25) is 5.95 Å². The van der Waals surface area contributed by atoms with Crippen molar-refractivity contribution in [1.29, 1.82) is 0 Å². The predicted molar refractivity (Wildman–Crippen MR) is 236 cm³/mol. The largest absolute Gasteiger partial charge is 0.452 e. The Hall–Kier alpha value is -7.76. The molecule has 5 heteroatoms. The van der Waals surface area contributed by atoms with Crippen LogP contribution in [0.15, 0.2) is 186 Å². The number of hydrogen-bond donors (Lipinski definition) is 0. The van der Waals surface area contributed by atoms with Gasteiger partial charge < -0.3 is 8.98 Å². The molecule has 0 bridgehead atoms. The SMILES string of the molecule is c1ccc(-c2nc(-n3c4ccccc4c4c3ccc3c5ccccc5n(-c5ccc6c7ccccc7c7ccccc7c6c5)c34)nc3c2oc2ccccc23)cc1. The van der Waals surface area contributed by atoms with Crippen molar-refractivity contribution in [1.82, 2.24) is 19.1 Å². The third kappa shape index (κ3) is 4.17. The molecular weight excluding hydrogens is 697 g/mol. The molecule has 0 fully saturated rings. The van der Waals surface area contributed by atoms with Gasteiger partial charge in [0.25, 0.3) is 0 Å². The van der Waals surface area contributed by atoms with E-state index in [-0.39, 0.29) is 0 Å². The highest BCUT2D eigenvalue weighted by Gasteiger charge is 2.24. The number of benzene rings is 9.